The van der Waals surface area contributed by atoms with Gasteiger partial charge in [-0.1, -0.05) is 39.7 Å². The van der Waals surface area contributed by atoms with Gasteiger partial charge in [-0.25, -0.2) is 5.43 Å². The summed E-state index contributed by atoms with van der Waals surface area (Å²) in [6.45, 7) is 0. The van der Waals surface area contributed by atoms with Crippen LogP contribution in [0.25, 0.3) is 0 Å². The Morgan fingerprint density at radius 3 is 2.36 bits per heavy atom. The molecule has 0 fully saturated rings. The second-order valence-electron chi connectivity index (χ2n) is 5.59. The van der Waals surface area contributed by atoms with E-state index in [9.17, 15) is 22.8 Å². The summed E-state index contributed by atoms with van der Waals surface area (Å²) in [4.78, 5) is 23.6. The maximum absolute atomic E-state index is 12.7. The topological polar surface area (TPSA) is 70.6 Å². The van der Waals surface area contributed by atoms with Crippen molar-refractivity contribution in [2.45, 2.75) is 19.0 Å². The second kappa shape index (κ2) is 9.70. The molecule has 0 aliphatic rings. The average Bonchev–Trinajstić information content (AvgIpc) is 2.62. The molecular formula is C18H14BrClF3N3O2. The van der Waals surface area contributed by atoms with Gasteiger partial charge in [0.15, 0.2) is 0 Å². The van der Waals surface area contributed by atoms with Gasteiger partial charge in [-0.15, -0.1) is 0 Å². The Balaban J connectivity index is 1.83. The molecule has 2 N–H and O–H groups in total. The van der Waals surface area contributed by atoms with Crippen LogP contribution >= 0.6 is 27.5 Å². The van der Waals surface area contributed by atoms with Crippen molar-refractivity contribution < 1.29 is 22.8 Å². The van der Waals surface area contributed by atoms with Crippen LogP contribution in [0.15, 0.2) is 52.0 Å². The van der Waals surface area contributed by atoms with Crippen LogP contribution in [0.1, 0.15) is 24.0 Å². The molecule has 0 unspecified atom stereocenters. The molecule has 5 nitrogen and oxygen atoms in total. The summed E-state index contributed by atoms with van der Waals surface area (Å²) in [5.41, 5.74) is 1.92. The van der Waals surface area contributed by atoms with E-state index in [0.29, 0.717) is 0 Å². The smallest absolute Gasteiger partial charge is 0.325 e. The van der Waals surface area contributed by atoms with Gasteiger partial charge in [0.2, 0.25) is 11.8 Å². The minimum Gasteiger partial charge on any atom is -0.325 e. The van der Waals surface area contributed by atoms with Gasteiger partial charge in [0.25, 0.3) is 0 Å². The number of anilines is 1. The predicted molar refractivity (Wildman–Crippen MR) is 104 cm³/mol. The summed E-state index contributed by atoms with van der Waals surface area (Å²) >= 11 is 9.10. The lowest BCUT2D eigenvalue weighted by Crippen LogP contribution is -2.21. The van der Waals surface area contributed by atoms with Gasteiger partial charge in [-0.3, -0.25) is 9.59 Å². The van der Waals surface area contributed by atoms with Gasteiger partial charge in [-0.05, 0) is 35.9 Å². The molecule has 0 spiro atoms. The van der Waals surface area contributed by atoms with Crippen molar-refractivity contribution >= 4 is 51.2 Å². The normalized spacial score (nSPS) is 11.5. The first-order valence-corrected chi connectivity index (χ1v) is 9.06. The molecule has 0 radical (unpaired) electrons. The number of alkyl halides is 3. The summed E-state index contributed by atoms with van der Waals surface area (Å²) in [5, 5.41) is 6.00. The molecule has 0 atom stereocenters. The van der Waals surface area contributed by atoms with Crippen LogP contribution in [-0.4, -0.2) is 18.0 Å². The maximum atomic E-state index is 12.7. The van der Waals surface area contributed by atoms with Crippen LogP contribution in [0.5, 0.6) is 0 Å². The Morgan fingerprint density at radius 1 is 1.07 bits per heavy atom. The van der Waals surface area contributed by atoms with Crippen LogP contribution in [0.4, 0.5) is 18.9 Å². The number of carbonyl (C=O) groups is 2. The van der Waals surface area contributed by atoms with E-state index < -0.39 is 23.6 Å². The lowest BCUT2D eigenvalue weighted by Gasteiger charge is -2.11. The number of rotatable bonds is 6. The number of carbonyl (C=O) groups excluding carboxylic acids is 2. The molecule has 0 bridgehead atoms. The standard InChI is InChI=1S/C18H14BrClF3N3O2/c19-13-4-1-11(2-5-13)10-24-26-17(28)8-7-16(27)25-15-9-12(18(21,22)23)3-6-14(15)20/h1-6,9-10H,7-8H2,(H,25,27)(H,26,28)/b24-10+. The zero-order valence-electron chi connectivity index (χ0n) is 14.2. The first-order chi connectivity index (χ1) is 13.1. The van der Waals surface area contributed by atoms with Crippen molar-refractivity contribution in [3.05, 3.63) is 63.1 Å². The fourth-order valence-corrected chi connectivity index (χ4v) is 2.45. The molecule has 2 aromatic carbocycles. The molecular weight excluding hydrogens is 463 g/mol. The van der Waals surface area contributed by atoms with E-state index in [1.807, 2.05) is 12.1 Å². The molecule has 0 aliphatic carbocycles. The van der Waals surface area contributed by atoms with Crippen molar-refractivity contribution in [3.8, 4) is 0 Å². The maximum Gasteiger partial charge on any atom is 0.416 e. The summed E-state index contributed by atoms with van der Waals surface area (Å²) in [6, 6.07) is 9.79. The molecule has 2 aromatic rings. The molecule has 28 heavy (non-hydrogen) atoms. The van der Waals surface area contributed by atoms with Crippen molar-refractivity contribution in [1.82, 2.24) is 5.43 Å². The molecule has 0 saturated carbocycles. The van der Waals surface area contributed by atoms with E-state index in [-0.39, 0.29) is 23.6 Å². The molecule has 0 aliphatic heterocycles. The molecule has 148 valence electrons. The Morgan fingerprint density at radius 2 is 1.71 bits per heavy atom. The minimum atomic E-state index is -4.56. The molecule has 2 rings (SSSR count). The monoisotopic (exact) mass is 475 g/mol. The van der Waals surface area contributed by atoms with Gasteiger partial charge in [0.1, 0.15) is 0 Å². The highest BCUT2D eigenvalue weighted by Crippen LogP contribution is 2.33. The van der Waals surface area contributed by atoms with E-state index in [4.69, 9.17) is 11.6 Å². The minimum absolute atomic E-state index is 0.0371. The van der Waals surface area contributed by atoms with Gasteiger partial charge in [0.05, 0.1) is 22.5 Å². The Hall–Kier alpha value is -2.39. The molecule has 10 heteroatoms. The third-order valence-electron chi connectivity index (χ3n) is 3.42. The number of nitrogens with zero attached hydrogens (tertiary/aromatic N) is 1. The van der Waals surface area contributed by atoms with Crippen LogP contribution in [0, 0.1) is 0 Å². The van der Waals surface area contributed by atoms with Crippen LogP contribution in [0.2, 0.25) is 5.02 Å². The SMILES string of the molecule is O=C(CCC(=O)Nc1cc(C(F)(F)F)ccc1Cl)N/N=C/c1ccc(Br)cc1. The van der Waals surface area contributed by atoms with Crippen LogP contribution < -0.4 is 10.7 Å². The van der Waals surface area contributed by atoms with Gasteiger partial charge < -0.3 is 5.32 Å². The fourth-order valence-electron chi connectivity index (χ4n) is 2.02. The summed E-state index contributed by atoms with van der Waals surface area (Å²) in [7, 11) is 0. The third kappa shape index (κ3) is 6.97. The zero-order valence-corrected chi connectivity index (χ0v) is 16.5. The predicted octanol–water partition coefficient (Wildman–Crippen LogP) is 4.99. The van der Waals surface area contributed by atoms with E-state index in [1.54, 1.807) is 12.1 Å². The molecule has 0 heterocycles. The Labute approximate surface area is 172 Å². The van der Waals surface area contributed by atoms with Gasteiger partial charge >= 0.3 is 6.18 Å². The highest BCUT2D eigenvalue weighted by Gasteiger charge is 2.31. The van der Waals surface area contributed by atoms with E-state index in [2.05, 4.69) is 31.8 Å². The number of halogens is 5. The Kier molecular flexibility index (Phi) is 7.59. The fraction of sp³-hybridized carbons (Fsp3) is 0.167. The number of amides is 2. The van der Waals surface area contributed by atoms with Crippen molar-refractivity contribution in [3.63, 3.8) is 0 Å². The largest absolute Gasteiger partial charge is 0.416 e. The summed E-state index contributed by atoms with van der Waals surface area (Å²) in [6.07, 6.45) is -3.56. The van der Waals surface area contributed by atoms with Crippen LogP contribution in [-0.2, 0) is 15.8 Å². The van der Waals surface area contributed by atoms with Crippen molar-refractivity contribution in [2.24, 2.45) is 5.10 Å². The van der Waals surface area contributed by atoms with Gasteiger partial charge in [0, 0.05) is 17.3 Å². The quantitative estimate of drug-likeness (QED) is 0.455. The second-order valence-corrected chi connectivity index (χ2v) is 6.91. The average molecular weight is 477 g/mol. The van der Waals surface area contributed by atoms with Crippen molar-refractivity contribution in [1.29, 1.82) is 0 Å². The first-order valence-electron chi connectivity index (χ1n) is 7.89. The number of nitrogens with one attached hydrogen (secondary N) is 2. The number of hydrogen-bond donors (Lipinski definition) is 2. The molecule has 0 saturated heterocycles. The van der Waals surface area contributed by atoms with Gasteiger partial charge in [-0.2, -0.15) is 18.3 Å². The van der Waals surface area contributed by atoms with E-state index in [1.165, 1.54) is 6.21 Å². The number of hydrogen-bond acceptors (Lipinski definition) is 3. The highest BCUT2D eigenvalue weighted by atomic mass is 79.9. The zero-order chi connectivity index (χ0) is 20.7. The number of benzene rings is 2. The summed E-state index contributed by atoms with van der Waals surface area (Å²) < 4.78 is 39.1. The number of hydrazone groups is 1. The lowest BCUT2D eigenvalue weighted by atomic mass is 10.2. The van der Waals surface area contributed by atoms with Crippen molar-refractivity contribution in [2.75, 3.05) is 5.32 Å². The van der Waals surface area contributed by atoms with E-state index in [0.717, 1.165) is 28.2 Å². The summed E-state index contributed by atoms with van der Waals surface area (Å²) in [5.74, 6) is -1.16. The third-order valence-corrected chi connectivity index (χ3v) is 4.28. The van der Waals surface area contributed by atoms with E-state index >= 15 is 0 Å². The van der Waals surface area contributed by atoms with Crippen LogP contribution in [0.3, 0.4) is 0 Å². The molecule has 2 amide bonds. The Bertz CT molecular complexity index is 887. The lowest BCUT2D eigenvalue weighted by molar-refractivity contribution is -0.137. The first kappa shape index (κ1) is 21.9. The molecule has 0 aromatic heterocycles. The highest BCUT2D eigenvalue weighted by molar-refractivity contribution is 9.10.